The molecular weight excluding hydrogens is 226 g/mol. The van der Waals surface area contributed by atoms with Crippen LogP contribution in [-0.2, 0) is 0 Å². The Morgan fingerprint density at radius 2 is 2.29 bits per heavy atom. The second kappa shape index (κ2) is 3.26. The zero-order valence-electron chi connectivity index (χ0n) is 3.34. The average molecular weight is 229 g/mol. The molecule has 0 unspecified atom stereocenters. The molecule has 0 atom stereocenters. The van der Waals surface area contributed by atoms with Crippen LogP contribution < -0.4 is 5.43 Å². The molecule has 0 spiro atoms. The van der Waals surface area contributed by atoms with E-state index in [0.29, 0.717) is 0 Å². The molecule has 2 nitrogen and oxygen atoms in total. The fraction of sp³-hybridized carbons (Fsp3) is 0. The van der Waals surface area contributed by atoms with E-state index in [4.69, 9.17) is 0 Å². The van der Waals surface area contributed by atoms with Gasteiger partial charge in [-0.15, -0.1) is 17.5 Å². The van der Waals surface area contributed by atoms with Crippen LogP contribution in [0.1, 0.15) is 0 Å². The maximum absolute atomic E-state index is 3.65. The number of halogens is 2. The number of rotatable bonds is 0. The molecule has 7 heavy (non-hydrogen) atoms. The molecule has 1 rings (SSSR count). The molecule has 0 saturated carbocycles. The van der Waals surface area contributed by atoms with E-state index < -0.39 is 0 Å². The second-order valence-electron chi connectivity index (χ2n) is 0.854. The summed E-state index contributed by atoms with van der Waals surface area (Å²) in [5, 5.41) is 3.65. The number of hydrogen-bond donors (Lipinski definition) is 0. The molecule has 1 aliphatic rings. The van der Waals surface area contributed by atoms with E-state index in [1.807, 2.05) is 6.08 Å². The zero-order valence-corrected chi connectivity index (χ0v) is 6.31. The molecule has 0 aliphatic carbocycles. The lowest BCUT2D eigenvalue weighted by atomic mass is 10.7. The summed E-state index contributed by atoms with van der Waals surface area (Å²) in [6, 6.07) is 0. The van der Waals surface area contributed by atoms with Crippen molar-refractivity contribution < 1.29 is 0 Å². The van der Waals surface area contributed by atoms with Crippen molar-refractivity contribution in [3.63, 3.8) is 0 Å². The summed E-state index contributed by atoms with van der Waals surface area (Å²) < 4.78 is 0.951. The fourth-order valence-corrected chi connectivity index (χ4v) is 0.502. The van der Waals surface area contributed by atoms with E-state index in [1.54, 1.807) is 6.20 Å². The first-order chi connectivity index (χ1) is 2.89. The lowest BCUT2D eigenvalue weighted by Gasteiger charge is -1.68. The van der Waals surface area contributed by atoms with Crippen molar-refractivity contribution in [1.82, 2.24) is 5.43 Å². The van der Waals surface area contributed by atoms with Gasteiger partial charge in [0.05, 0.1) is 6.20 Å². The largest absolute Gasteiger partial charge is 0.158 e. The van der Waals surface area contributed by atoms with Crippen LogP contribution in [0.15, 0.2) is 17.4 Å². The van der Waals surface area contributed by atoms with Crippen LogP contribution in [0.5, 0.6) is 0 Å². The summed E-state index contributed by atoms with van der Waals surface area (Å²) in [5.41, 5.74) is 3.56. The van der Waals surface area contributed by atoms with E-state index in [9.17, 15) is 0 Å². The molecule has 1 heterocycles. The highest BCUT2D eigenvalue weighted by Gasteiger charge is 1.89. The zero-order chi connectivity index (χ0) is 4.41. The normalized spacial score (nSPS) is 14.7. The highest BCUT2D eigenvalue weighted by atomic mass is 127. The van der Waals surface area contributed by atoms with Crippen LogP contribution >= 0.6 is 35.0 Å². The molecule has 0 fully saturated rings. The second-order valence-corrected chi connectivity index (χ2v) is 1.96. The van der Waals surface area contributed by atoms with Crippen molar-refractivity contribution in [3.8, 4) is 0 Å². The number of allylic oxidation sites excluding steroid dienone is 1. The minimum atomic E-state index is 0. The molecular formula is C3H3ClIN2. The first kappa shape index (κ1) is 7.23. The summed E-state index contributed by atoms with van der Waals surface area (Å²) in [5.74, 6) is 0. The van der Waals surface area contributed by atoms with Crippen LogP contribution in [-0.4, -0.2) is 3.72 Å². The van der Waals surface area contributed by atoms with Gasteiger partial charge in [-0.2, -0.15) is 5.43 Å². The maximum atomic E-state index is 3.65. The van der Waals surface area contributed by atoms with Gasteiger partial charge in [0.2, 0.25) is 0 Å². The summed E-state index contributed by atoms with van der Waals surface area (Å²) in [6.07, 6.45) is 3.52. The Balaban J connectivity index is 0.000000360. The molecule has 0 saturated heterocycles. The van der Waals surface area contributed by atoms with E-state index in [1.165, 1.54) is 0 Å². The van der Waals surface area contributed by atoms with E-state index in [2.05, 4.69) is 33.1 Å². The molecule has 0 aromatic heterocycles. The minimum absolute atomic E-state index is 0. The monoisotopic (exact) mass is 229 g/mol. The van der Waals surface area contributed by atoms with Gasteiger partial charge in [0.15, 0.2) is 0 Å². The molecule has 4 heteroatoms. The van der Waals surface area contributed by atoms with Gasteiger partial charge in [-0.05, 0) is 28.7 Å². The van der Waals surface area contributed by atoms with Crippen molar-refractivity contribution in [2.75, 3.05) is 0 Å². The SMILES string of the molecule is Cl.IC1=N[N]C=C1. The van der Waals surface area contributed by atoms with Gasteiger partial charge in [-0.1, -0.05) is 0 Å². The minimum Gasteiger partial charge on any atom is -0.158 e. The Hall–Kier alpha value is 0.230. The first-order valence-corrected chi connectivity index (χ1v) is 2.57. The van der Waals surface area contributed by atoms with Crippen molar-refractivity contribution in [1.29, 1.82) is 0 Å². The average Bonchev–Trinajstić information content (AvgIpc) is 1.86. The molecule has 1 radical (unpaired) electrons. The van der Waals surface area contributed by atoms with Crippen LogP contribution in [0.4, 0.5) is 0 Å². The third kappa shape index (κ3) is 2.13. The Morgan fingerprint density at radius 3 is 2.43 bits per heavy atom. The molecule has 0 aromatic carbocycles. The quantitative estimate of drug-likeness (QED) is 0.560. The molecule has 0 aromatic rings. The van der Waals surface area contributed by atoms with Gasteiger partial charge in [-0.25, -0.2) is 0 Å². The standard InChI is InChI=1S/C3H2IN2.ClH/c4-3-1-2-5-6-3;/h1-2H;1H. The van der Waals surface area contributed by atoms with Gasteiger partial charge < -0.3 is 0 Å². The molecule has 0 amide bonds. The van der Waals surface area contributed by atoms with Gasteiger partial charge in [0, 0.05) is 0 Å². The predicted octanol–water partition coefficient (Wildman–Crippen LogP) is 1.29. The lowest BCUT2D eigenvalue weighted by molar-refractivity contribution is 0.976. The van der Waals surface area contributed by atoms with Crippen molar-refractivity contribution >= 4 is 38.7 Å². The van der Waals surface area contributed by atoms with E-state index in [0.717, 1.165) is 3.72 Å². The van der Waals surface area contributed by atoms with Gasteiger partial charge in [-0.3, -0.25) is 0 Å². The number of hydrogen-bond acceptors (Lipinski definition) is 1. The van der Waals surface area contributed by atoms with Gasteiger partial charge in [0.25, 0.3) is 0 Å². The third-order valence-electron chi connectivity index (χ3n) is 0.432. The van der Waals surface area contributed by atoms with Crippen LogP contribution in [0, 0.1) is 0 Å². The van der Waals surface area contributed by atoms with Crippen LogP contribution in [0.3, 0.4) is 0 Å². The molecule has 0 bridgehead atoms. The molecule has 1 aliphatic heterocycles. The van der Waals surface area contributed by atoms with E-state index >= 15 is 0 Å². The van der Waals surface area contributed by atoms with Crippen LogP contribution in [0.25, 0.3) is 0 Å². The van der Waals surface area contributed by atoms with Crippen molar-refractivity contribution in [2.45, 2.75) is 0 Å². The number of nitrogens with zero attached hydrogens (tertiary/aromatic N) is 2. The highest BCUT2D eigenvalue weighted by Crippen LogP contribution is 1.96. The Kier molecular flexibility index (Phi) is 3.37. The molecule has 0 N–H and O–H groups in total. The summed E-state index contributed by atoms with van der Waals surface area (Å²) in [4.78, 5) is 0. The Morgan fingerprint density at radius 1 is 1.57 bits per heavy atom. The molecule has 39 valence electrons. The van der Waals surface area contributed by atoms with Gasteiger partial charge >= 0.3 is 0 Å². The van der Waals surface area contributed by atoms with Crippen LogP contribution in [0.2, 0.25) is 0 Å². The summed E-state index contributed by atoms with van der Waals surface area (Å²) >= 11 is 2.10. The smallest absolute Gasteiger partial charge is 0.125 e. The Bertz CT molecular complexity index is 107. The van der Waals surface area contributed by atoms with Gasteiger partial charge in [0.1, 0.15) is 3.72 Å². The summed E-state index contributed by atoms with van der Waals surface area (Å²) in [6.45, 7) is 0. The highest BCUT2D eigenvalue weighted by molar-refractivity contribution is 14.1. The predicted molar refractivity (Wildman–Crippen MR) is 40.0 cm³/mol. The Labute approximate surface area is 61.6 Å². The van der Waals surface area contributed by atoms with E-state index in [-0.39, 0.29) is 12.4 Å². The third-order valence-corrected chi connectivity index (χ3v) is 1.01. The van der Waals surface area contributed by atoms with Crippen molar-refractivity contribution in [3.05, 3.63) is 12.3 Å². The van der Waals surface area contributed by atoms with Crippen molar-refractivity contribution in [2.24, 2.45) is 5.10 Å². The maximum Gasteiger partial charge on any atom is 0.125 e. The topological polar surface area (TPSA) is 26.5 Å². The lowest BCUT2D eigenvalue weighted by Crippen LogP contribution is -1.73. The fourth-order valence-electron chi connectivity index (χ4n) is 0.217. The first-order valence-electron chi connectivity index (χ1n) is 1.49. The summed E-state index contributed by atoms with van der Waals surface area (Å²) in [7, 11) is 0.